The molecular formula is C7H6F3IN2O3S. The number of aromatic nitrogens is 1. The minimum atomic E-state index is -4.94. The first kappa shape index (κ1) is 14.4. The zero-order valence-electron chi connectivity index (χ0n) is 8.25. The monoisotopic (exact) mass is 382 g/mol. The molecule has 0 aliphatic rings. The molecule has 0 radical (unpaired) electrons. The second-order valence-electron chi connectivity index (χ2n) is 2.95. The number of pyridine rings is 1. The Morgan fingerprint density at radius 1 is 1.47 bits per heavy atom. The van der Waals surface area contributed by atoms with E-state index in [1.165, 1.54) is 6.92 Å². The van der Waals surface area contributed by atoms with Crippen LogP contribution in [0.2, 0.25) is 0 Å². The van der Waals surface area contributed by atoms with Crippen LogP contribution >= 0.6 is 22.6 Å². The van der Waals surface area contributed by atoms with Gasteiger partial charge in [-0.05, 0) is 29.5 Å². The number of rotatable bonds is 2. The Labute approximate surface area is 108 Å². The highest BCUT2D eigenvalue weighted by Gasteiger charge is 2.32. The van der Waals surface area contributed by atoms with E-state index in [1.807, 2.05) is 0 Å². The molecular weight excluding hydrogens is 376 g/mol. The van der Waals surface area contributed by atoms with Crippen molar-refractivity contribution < 1.29 is 26.3 Å². The number of halogens is 4. The molecule has 0 fully saturated rings. The van der Waals surface area contributed by atoms with Crippen LogP contribution in [0.1, 0.15) is 5.69 Å². The number of sulfonamides is 1. The van der Waals surface area contributed by atoms with E-state index in [0.717, 1.165) is 0 Å². The van der Waals surface area contributed by atoms with Gasteiger partial charge in [-0.25, -0.2) is 18.5 Å². The fourth-order valence-electron chi connectivity index (χ4n) is 0.978. The molecule has 10 heteroatoms. The van der Waals surface area contributed by atoms with Crippen LogP contribution in [0.4, 0.5) is 13.2 Å². The van der Waals surface area contributed by atoms with E-state index in [4.69, 9.17) is 5.14 Å². The molecule has 1 aromatic rings. The fraction of sp³-hybridized carbons (Fsp3) is 0.286. The number of aryl methyl sites for hydroxylation is 1. The van der Waals surface area contributed by atoms with Gasteiger partial charge in [0, 0.05) is 6.07 Å². The summed E-state index contributed by atoms with van der Waals surface area (Å²) >= 11 is 1.63. The van der Waals surface area contributed by atoms with E-state index in [1.54, 1.807) is 22.6 Å². The maximum absolute atomic E-state index is 12.0. The van der Waals surface area contributed by atoms with Gasteiger partial charge in [-0.2, -0.15) is 0 Å². The highest BCUT2D eigenvalue weighted by molar-refractivity contribution is 14.1. The molecule has 2 N–H and O–H groups in total. The van der Waals surface area contributed by atoms with Crippen LogP contribution in [0, 0.1) is 10.5 Å². The van der Waals surface area contributed by atoms with Crippen molar-refractivity contribution in [2.24, 2.45) is 5.14 Å². The van der Waals surface area contributed by atoms with E-state index in [0.29, 0.717) is 6.07 Å². The maximum Gasteiger partial charge on any atom is 0.574 e. The van der Waals surface area contributed by atoms with Crippen molar-refractivity contribution in [2.45, 2.75) is 18.2 Å². The molecule has 1 heterocycles. The van der Waals surface area contributed by atoms with Crippen molar-refractivity contribution in [3.05, 3.63) is 15.3 Å². The van der Waals surface area contributed by atoms with Gasteiger partial charge in [0.2, 0.25) is 15.9 Å². The molecule has 96 valence electrons. The molecule has 17 heavy (non-hydrogen) atoms. The average Bonchev–Trinajstić information content (AvgIpc) is 2.06. The topological polar surface area (TPSA) is 82.3 Å². The quantitative estimate of drug-likeness (QED) is 0.787. The Morgan fingerprint density at radius 2 is 2.00 bits per heavy atom. The molecule has 0 unspecified atom stereocenters. The zero-order valence-corrected chi connectivity index (χ0v) is 11.2. The average molecular weight is 382 g/mol. The standard InChI is InChI=1S/C7H6F3IN2O3S/c1-3-6(11)4(17(12,14)15)2-5(13-3)16-7(8,9)10/h2H,1H3,(H2,12,14,15). The smallest absolute Gasteiger partial charge is 0.388 e. The second-order valence-corrected chi connectivity index (χ2v) is 5.56. The molecule has 0 amide bonds. The second kappa shape index (κ2) is 4.57. The fourth-order valence-corrected chi connectivity index (χ4v) is 2.84. The summed E-state index contributed by atoms with van der Waals surface area (Å²) in [6, 6.07) is 0.637. The van der Waals surface area contributed by atoms with E-state index in [2.05, 4.69) is 9.72 Å². The van der Waals surface area contributed by atoms with Crippen LogP contribution in [0.3, 0.4) is 0 Å². The Hall–Kier alpha value is -0.620. The predicted octanol–water partition coefficient (Wildman–Crippen LogP) is 1.54. The third-order valence-corrected chi connectivity index (χ3v) is 4.26. The molecule has 0 bridgehead atoms. The van der Waals surface area contributed by atoms with Crippen molar-refractivity contribution >= 4 is 32.6 Å². The van der Waals surface area contributed by atoms with Crippen molar-refractivity contribution in [3.8, 4) is 5.88 Å². The molecule has 5 nitrogen and oxygen atoms in total. The van der Waals surface area contributed by atoms with Crippen molar-refractivity contribution in [2.75, 3.05) is 0 Å². The van der Waals surface area contributed by atoms with Crippen LogP contribution in [0.15, 0.2) is 11.0 Å². The summed E-state index contributed by atoms with van der Waals surface area (Å²) < 4.78 is 61.8. The number of primary sulfonamides is 1. The summed E-state index contributed by atoms with van der Waals surface area (Å²) in [4.78, 5) is 3.01. The van der Waals surface area contributed by atoms with Gasteiger partial charge in [0.05, 0.1) is 9.26 Å². The third-order valence-electron chi connectivity index (χ3n) is 1.59. The van der Waals surface area contributed by atoms with Crippen molar-refractivity contribution in [3.63, 3.8) is 0 Å². The molecule has 0 saturated heterocycles. The number of ether oxygens (including phenoxy) is 1. The first-order valence-corrected chi connectivity index (χ1v) is 6.59. The normalized spacial score (nSPS) is 12.6. The van der Waals surface area contributed by atoms with E-state index in [9.17, 15) is 21.6 Å². The van der Waals surface area contributed by atoms with Gasteiger partial charge in [-0.1, -0.05) is 0 Å². The van der Waals surface area contributed by atoms with Crippen LogP contribution < -0.4 is 9.88 Å². The summed E-state index contributed by atoms with van der Waals surface area (Å²) in [5.41, 5.74) is 0.0800. The van der Waals surface area contributed by atoms with Crippen LogP contribution in [-0.4, -0.2) is 19.8 Å². The summed E-state index contributed by atoms with van der Waals surface area (Å²) in [5.74, 6) is -0.862. The molecule has 0 aliphatic heterocycles. The minimum Gasteiger partial charge on any atom is -0.388 e. The molecule has 0 atom stereocenters. The summed E-state index contributed by atoms with van der Waals surface area (Å²) in [6.45, 7) is 1.35. The Kier molecular flexibility index (Phi) is 3.88. The van der Waals surface area contributed by atoms with Crippen molar-refractivity contribution in [1.29, 1.82) is 0 Å². The lowest BCUT2D eigenvalue weighted by molar-refractivity contribution is -0.276. The van der Waals surface area contributed by atoms with Gasteiger partial charge >= 0.3 is 6.36 Å². The molecule has 1 rings (SSSR count). The zero-order chi connectivity index (χ0) is 13.4. The molecule has 0 saturated carbocycles. The third kappa shape index (κ3) is 3.96. The minimum absolute atomic E-state index is 0.0800. The molecule has 0 aliphatic carbocycles. The first-order chi connectivity index (χ1) is 7.50. The Morgan fingerprint density at radius 3 is 2.41 bits per heavy atom. The summed E-state index contributed by atoms with van der Waals surface area (Å²) in [6.07, 6.45) is -4.94. The largest absolute Gasteiger partial charge is 0.574 e. The van der Waals surface area contributed by atoms with Gasteiger partial charge in [0.25, 0.3) is 0 Å². The summed E-state index contributed by atoms with van der Waals surface area (Å²) in [5, 5.41) is 4.86. The lowest BCUT2D eigenvalue weighted by Gasteiger charge is -2.11. The lowest BCUT2D eigenvalue weighted by Crippen LogP contribution is -2.20. The number of nitrogens with zero attached hydrogens (tertiary/aromatic N) is 1. The highest BCUT2D eigenvalue weighted by Crippen LogP contribution is 2.27. The molecule has 0 spiro atoms. The highest BCUT2D eigenvalue weighted by atomic mass is 127. The van der Waals surface area contributed by atoms with E-state index in [-0.39, 0.29) is 9.26 Å². The van der Waals surface area contributed by atoms with E-state index < -0.39 is 27.2 Å². The van der Waals surface area contributed by atoms with E-state index >= 15 is 0 Å². The number of nitrogens with two attached hydrogens (primary N) is 1. The molecule has 0 aromatic carbocycles. The van der Waals surface area contributed by atoms with Gasteiger partial charge in [0.15, 0.2) is 0 Å². The maximum atomic E-state index is 12.0. The van der Waals surface area contributed by atoms with Crippen LogP contribution in [0.25, 0.3) is 0 Å². The van der Waals surface area contributed by atoms with Crippen LogP contribution in [-0.2, 0) is 10.0 Å². The Balaban J connectivity index is 3.35. The lowest BCUT2D eigenvalue weighted by atomic mass is 10.4. The van der Waals surface area contributed by atoms with Crippen molar-refractivity contribution in [1.82, 2.24) is 4.98 Å². The van der Waals surface area contributed by atoms with Crippen LogP contribution in [0.5, 0.6) is 5.88 Å². The predicted molar refractivity (Wildman–Crippen MR) is 59.7 cm³/mol. The Bertz CT molecular complexity index is 544. The number of hydrogen-bond donors (Lipinski definition) is 1. The van der Waals surface area contributed by atoms with Gasteiger partial charge in [-0.15, -0.1) is 13.2 Å². The number of alkyl halides is 3. The summed E-state index contributed by atoms with van der Waals surface area (Å²) in [7, 11) is -4.13. The van der Waals surface area contributed by atoms with Gasteiger partial charge in [0.1, 0.15) is 4.90 Å². The first-order valence-electron chi connectivity index (χ1n) is 3.96. The van der Waals surface area contributed by atoms with Gasteiger partial charge < -0.3 is 4.74 Å². The SMILES string of the molecule is Cc1nc(OC(F)(F)F)cc(S(N)(=O)=O)c1I. The van der Waals surface area contributed by atoms with Gasteiger partial charge in [-0.3, -0.25) is 0 Å². The number of hydrogen-bond acceptors (Lipinski definition) is 4. The molecule has 1 aromatic heterocycles.